The predicted octanol–water partition coefficient (Wildman–Crippen LogP) is 6.52. The summed E-state index contributed by atoms with van der Waals surface area (Å²) in [5, 5.41) is 0.372. The predicted molar refractivity (Wildman–Crippen MR) is 108 cm³/mol. The molecule has 2 aromatic heterocycles. The molecule has 0 spiro atoms. The van der Waals surface area contributed by atoms with Gasteiger partial charge in [0.15, 0.2) is 5.13 Å². The number of fused-ring (bicyclic) bond motifs is 1. The molecule has 0 fully saturated rings. The first-order valence-corrected chi connectivity index (χ1v) is 10.00. The summed E-state index contributed by atoms with van der Waals surface area (Å²) in [7, 11) is 0. The van der Waals surface area contributed by atoms with Crippen molar-refractivity contribution in [2.24, 2.45) is 0 Å². The van der Waals surface area contributed by atoms with Gasteiger partial charge in [0.25, 0.3) is 5.91 Å². The molecule has 0 radical (unpaired) electrons. The van der Waals surface area contributed by atoms with Gasteiger partial charge in [-0.25, -0.2) is 4.98 Å². The number of aromatic nitrogens is 1. The highest BCUT2D eigenvalue weighted by Gasteiger charge is 2.32. The van der Waals surface area contributed by atoms with Gasteiger partial charge in [-0.2, -0.15) is 13.2 Å². The van der Waals surface area contributed by atoms with Crippen LogP contribution in [0.5, 0.6) is 0 Å². The molecule has 4 aromatic rings. The second-order valence-corrected chi connectivity index (χ2v) is 8.08. The van der Waals surface area contributed by atoms with Gasteiger partial charge in [0.05, 0.1) is 28.6 Å². The Morgan fingerprint density at radius 2 is 1.97 bits per heavy atom. The highest BCUT2D eigenvalue weighted by molar-refractivity contribution is 9.10. The summed E-state index contributed by atoms with van der Waals surface area (Å²) in [6.07, 6.45) is -3.07. The van der Waals surface area contributed by atoms with E-state index in [0.717, 1.165) is 21.3 Å². The number of alkyl halides is 3. The molecule has 0 saturated heterocycles. The first-order valence-electron chi connectivity index (χ1n) is 8.39. The summed E-state index contributed by atoms with van der Waals surface area (Å²) in [4.78, 5) is 19.0. The zero-order chi connectivity index (χ0) is 20.6. The molecule has 2 aromatic carbocycles. The van der Waals surface area contributed by atoms with Crippen LogP contribution in [0.3, 0.4) is 0 Å². The largest absolute Gasteiger partial charge is 0.467 e. The number of thiazole rings is 1. The Labute approximate surface area is 175 Å². The van der Waals surface area contributed by atoms with Gasteiger partial charge in [0.2, 0.25) is 0 Å². The molecule has 4 rings (SSSR count). The van der Waals surface area contributed by atoms with Gasteiger partial charge in [-0.15, -0.1) is 0 Å². The SMILES string of the molecule is O=C(c1cccc(C(F)(F)F)c1)N(Cc1ccco1)c1nc2ccc(Br)cc2s1. The molecule has 29 heavy (non-hydrogen) atoms. The standard InChI is InChI=1S/C20H12BrF3N2O2S/c21-14-6-7-16-17(10-14)29-19(25-16)26(11-15-5-2-8-28-15)18(27)12-3-1-4-13(9-12)20(22,23)24/h1-10H,11H2. The first-order chi connectivity index (χ1) is 13.8. The third kappa shape index (κ3) is 4.20. The minimum atomic E-state index is -4.54. The van der Waals surface area contributed by atoms with E-state index in [-0.39, 0.29) is 12.1 Å². The highest BCUT2D eigenvalue weighted by atomic mass is 79.9. The Morgan fingerprint density at radius 1 is 1.14 bits per heavy atom. The van der Waals surface area contributed by atoms with E-state index in [9.17, 15) is 18.0 Å². The number of halogens is 4. The van der Waals surface area contributed by atoms with Crippen LogP contribution in [-0.4, -0.2) is 10.9 Å². The molecular weight excluding hydrogens is 469 g/mol. The fraction of sp³-hybridized carbons (Fsp3) is 0.100. The zero-order valence-electron chi connectivity index (χ0n) is 14.6. The van der Waals surface area contributed by atoms with Crippen molar-refractivity contribution in [1.82, 2.24) is 4.98 Å². The summed E-state index contributed by atoms with van der Waals surface area (Å²) in [5.41, 5.74) is -0.268. The van der Waals surface area contributed by atoms with Crippen molar-refractivity contribution in [2.75, 3.05) is 4.90 Å². The monoisotopic (exact) mass is 480 g/mol. The molecule has 1 amide bonds. The van der Waals surface area contributed by atoms with E-state index in [2.05, 4.69) is 20.9 Å². The Balaban J connectivity index is 1.76. The van der Waals surface area contributed by atoms with Gasteiger partial charge in [0.1, 0.15) is 5.76 Å². The quantitative estimate of drug-likeness (QED) is 0.334. The number of furan rings is 1. The van der Waals surface area contributed by atoms with Crippen LogP contribution in [0.15, 0.2) is 69.8 Å². The van der Waals surface area contributed by atoms with E-state index in [0.29, 0.717) is 16.4 Å². The minimum absolute atomic E-state index is 0.0447. The van der Waals surface area contributed by atoms with E-state index in [1.165, 1.54) is 34.6 Å². The summed E-state index contributed by atoms with van der Waals surface area (Å²) >= 11 is 4.67. The third-order valence-corrected chi connectivity index (χ3v) is 5.68. The molecule has 0 aliphatic heterocycles. The maximum Gasteiger partial charge on any atom is 0.416 e. The van der Waals surface area contributed by atoms with Crippen LogP contribution in [0.1, 0.15) is 21.7 Å². The molecule has 0 N–H and O–H groups in total. The van der Waals surface area contributed by atoms with Crippen LogP contribution in [0, 0.1) is 0 Å². The van der Waals surface area contributed by atoms with Gasteiger partial charge >= 0.3 is 6.18 Å². The van der Waals surface area contributed by atoms with E-state index in [1.807, 2.05) is 12.1 Å². The lowest BCUT2D eigenvalue weighted by Gasteiger charge is -2.19. The summed E-state index contributed by atoms with van der Waals surface area (Å²) in [6, 6.07) is 13.2. The number of hydrogen-bond acceptors (Lipinski definition) is 4. The van der Waals surface area contributed by atoms with E-state index in [4.69, 9.17) is 4.42 Å². The first kappa shape index (κ1) is 19.7. The highest BCUT2D eigenvalue weighted by Crippen LogP contribution is 2.34. The number of carbonyl (C=O) groups excluding carboxylic acids is 1. The molecule has 0 bridgehead atoms. The van der Waals surface area contributed by atoms with E-state index in [1.54, 1.807) is 18.2 Å². The van der Waals surface area contributed by atoms with Gasteiger partial charge < -0.3 is 4.42 Å². The zero-order valence-corrected chi connectivity index (χ0v) is 17.0. The number of anilines is 1. The van der Waals surface area contributed by atoms with Crippen LogP contribution in [0.4, 0.5) is 18.3 Å². The van der Waals surface area contributed by atoms with Gasteiger partial charge in [0, 0.05) is 10.0 Å². The lowest BCUT2D eigenvalue weighted by molar-refractivity contribution is -0.137. The van der Waals surface area contributed by atoms with E-state index < -0.39 is 17.6 Å². The average molecular weight is 481 g/mol. The number of amides is 1. The Morgan fingerprint density at radius 3 is 2.69 bits per heavy atom. The van der Waals surface area contributed by atoms with Crippen molar-refractivity contribution in [3.05, 3.63) is 82.2 Å². The van der Waals surface area contributed by atoms with Crippen LogP contribution in [-0.2, 0) is 12.7 Å². The number of nitrogens with zero attached hydrogens (tertiary/aromatic N) is 2. The maximum atomic E-state index is 13.2. The normalized spacial score (nSPS) is 11.7. The lowest BCUT2D eigenvalue weighted by atomic mass is 10.1. The maximum absolute atomic E-state index is 13.2. The molecule has 148 valence electrons. The van der Waals surface area contributed by atoms with Crippen LogP contribution < -0.4 is 4.90 Å². The number of rotatable bonds is 4. The number of carbonyl (C=O) groups is 1. The van der Waals surface area contributed by atoms with Crippen molar-refractivity contribution < 1.29 is 22.4 Å². The van der Waals surface area contributed by atoms with Crippen molar-refractivity contribution in [2.45, 2.75) is 12.7 Å². The Bertz CT molecular complexity index is 1170. The van der Waals surface area contributed by atoms with Gasteiger partial charge in [-0.1, -0.05) is 33.3 Å². The smallest absolute Gasteiger partial charge is 0.416 e. The molecule has 0 unspecified atom stereocenters. The van der Waals surface area contributed by atoms with Crippen LogP contribution in [0.25, 0.3) is 10.2 Å². The minimum Gasteiger partial charge on any atom is -0.467 e. The van der Waals surface area contributed by atoms with Crippen molar-refractivity contribution in [3.63, 3.8) is 0 Å². The second kappa shape index (κ2) is 7.64. The summed E-state index contributed by atoms with van der Waals surface area (Å²) in [6.45, 7) is 0.0447. The summed E-state index contributed by atoms with van der Waals surface area (Å²) < 4.78 is 46.3. The average Bonchev–Trinajstić information content (AvgIpc) is 3.34. The Hall–Kier alpha value is -2.65. The topological polar surface area (TPSA) is 46.3 Å². The fourth-order valence-electron chi connectivity index (χ4n) is 2.77. The Kier molecular flexibility index (Phi) is 5.18. The van der Waals surface area contributed by atoms with Crippen molar-refractivity contribution in [3.8, 4) is 0 Å². The molecule has 9 heteroatoms. The van der Waals surface area contributed by atoms with Crippen molar-refractivity contribution >= 4 is 48.5 Å². The molecule has 4 nitrogen and oxygen atoms in total. The fourth-order valence-corrected chi connectivity index (χ4v) is 4.29. The van der Waals surface area contributed by atoms with E-state index >= 15 is 0 Å². The molecule has 0 atom stereocenters. The molecule has 2 heterocycles. The molecule has 0 aliphatic rings. The number of benzene rings is 2. The molecular formula is C20H12BrF3N2O2S. The summed E-state index contributed by atoms with van der Waals surface area (Å²) in [5.74, 6) is -0.101. The molecule has 0 saturated carbocycles. The van der Waals surface area contributed by atoms with Crippen LogP contribution in [0.2, 0.25) is 0 Å². The lowest BCUT2D eigenvalue weighted by Crippen LogP contribution is -2.30. The number of hydrogen-bond donors (Lipinski definition) is 0. The molecule has 0 aliphatic carbocycles. The van der Waals surface area contributed by atoms with Gasteiger partial charge in [-0.05, 0) is 48.5 Å². The van der Waals surface area contributed by atoms with Gasteiger partial charge in [-0.3, -0.25) is 9.69 Å². The van der Waals surface area contributed by atoms with Crippen LogP contribution >= 0.6 is 27.3 Å². The second-order valence-electron chi connectivity index (χ2n) is 6.16. The third-order valence-electron chi connectivity index (χ3n) is 4.15. The van der Waals surface area contributed by atoms with Crippen molar-refractivity contribution in [1.29, 1.82) is 0 Å².